The van der Waals surface area contributed by atoms with Gasteiger partial charge in [-0.05, 0) is 23.6 Å². The molecule has 0 bridgehead atoms. The van der Waals surface area contributed by atoms with Crippen molar-refractivity contribution in [3.63, 3.8) is 0 Å². The van der Waals surface area contributed by atoms with E-state index in [1.807, 2.05) is 5.38 Å². The minimum absolute atomic E-state index is 0.00611. The zero-order chi connectivity index (χ0) is 12.4. The van der Waals surface area contributed by atoms with Crippen molar-refractivity contribution in [2.45, 2.75) is 6.04 Å². The number of hydrogen-bond donors (Lipinski definition) is 1. The summed E-state index contributed by atoms with van der Waals surface area (Å²) in [7, 11) is 1.33. The van der Waals surface area contributed by atoms with Gasteiger partial charge < -0.3 is 10.5 Å². The van der Waals surface area contributed by atoms with E-state index in [2.05, 4.69) is 0 Å². The molecule has 2 rings (SSSR count). The molecule has 0 aliphatic carbocycles. The summed E-state index contributed by atoms with van der Waals surface area (Å²) >= 11 is 1.36. The summed E-state index contributed by atoms with van der Waals surface area (Å²) in [6.07, 6.45) is 0. The molecule has 0 spiro atoms. The van der Waals surface area contributed by atoms with Crippen LogP contribution in [0.5, 0.6) is 5.75 Å². The summed E-state index contributed by atoms with van der Waals surface area (Å²) in [5.41, 5.74) is 5.70. The molecule has 0 saturated carbocycles. The minimum Gasteiger partial charge on any atom is -0.494 e. The maximum Gasteiger partial charge on any atom is 0.173 e. The first-order valence-electron chi connectivity index (χ1n) is 4.96. The molecule has 0 amide bonds. The van der Waals surface area contributed by atoms with Crippen LogP contribution in [0.4, 0.5) is 8.78 Å². The van der Waals surface area contributed by atoms with Crippen LogP contribution in [0.2, 0.25) is 0 Å². The van der Waals surface area contributed by atoms with Gasteiger partial charge in [-0.15, -0.1) is 11.3 Å². The first-order chi connectivity index (χ1) is 8.15. The van der Waals surface area contributed by atoms with Gasteiger partial charge in [0, 0.05) is 10.4 Å². The number of rotatable bonds is 3. The summed E-state index contributed by atoms with van der Waals surface area (Å²) in [5, 5.41) is 1.81. The highest BCUT2D eigenvalue weighted by Gasteiger charge is 2.22. The van der Waals surface area contributed by atoms with Gasteiger partial charge in [-0.1, -0.05) is 6.07 Å². The van der Waals surface area contributed by atoms with Gasteiger partial charge in [0.1, 0.15) is 5.82 Å². The Kier molecular flexibility index (Phi) is 3.40. The fourth-order valence-corrected chi connectivity index (χ4v) is 2.34. The highest BCUT2D eigenvalue weighted by atomic mass is 32.1. The van der Waals surface area contributed by atoms with Crippen molar-refractivity contribution in [1.29, 1.82) is 0 Å². The summed E-state index contributed by atoms with van der Waals surface area (Å²) in [5.74, 6) is -1.41. The van der Waals surface area contributed by atoms with Crippen LogP contribution in [0.25, 0.3) is 0 Å². The molecule has 2 N–H and O–H groups in total. The molecule has 0 saturated heterocycles. The zero-order valence-corrected chi connectivity index (χ0v) is 9.93. The van der Waals surface area contributed by atoms with E-state index in [4.69, 9.17) is 10.5 Å². The van der Waals surface area contributed by atoms with Gasteiger partial charge >= 0.3 is 0 Å². The Labute approximate surface area is 102 Å². The second kappa shape index (κ2) is 4.81. The normalized spacial score (nSPS) is 12.5. The van der Waals surface area contributed by atoms with Crippen molar-refractivity contribution >= 4 is 11.3 Å². The second-order valence-electron chi connectivity index (χ2n) is 3.47. The fraction of sp³-hybridized carbons (Fsp3) is 0.167. The second-order valence-corrected chi connectivity index (χ2v) is 4.45. The third-order valence-corrected chi connectivity index (χ3v) is 3.43. The van der Waals surface area contributed by atoms with Crippen molar-refractivity contribution in [2.24, 2.45) is 5.73 Å². The molecular weight excluding hydrogens is 244 g/mol. The topological polar surface area (TPSA) is 35.2 Å². The van der Waals surface area contributed by atoms with Gasteiger partial charge in [-0.25, -0.2) is 8.78 Å². The predicted molar refractivity (Wildman–Crippen MR) is 63.3 cm³/mol. The molecule has 5 heteroatoms. The average Bonchev–Trinajstić information content (AvgIpc) is 2.82. The van der Waals surface area contributed by atoms with E-state index in [-0.39, 0.29) is 11.3 Å². The molecule has 17 heavy (non-hydrogen) atoms. The molecule has 0 fully saturated rings. The Morgan fingerprint density at radius 3 is 2.65 bits per heavy atom. The van der Waals surface area contributed by atoms with E-state index in [1.165, 1.54) is 24.5 Å². The fourth-order valence-electron chi connectivity index (χ4n) is 1.60. The van der Waals surface area contributed by atoms with E-state index >= 15 is 0 Å². The van der Waals surface area contributed by atoms with Crippen LogP contribution in [-0.4, -0.2) is 7.11 Å². The van der Waals surface area contributed by atoms with E-state index in [1.54, 1.807) is 12.1 Å². The quantitative estimate of drug-likeness (QED) is 0.914. The molecule has 1 aromatic carbocycles. The summed E-state index contributed by atoms with van der Waals surface area (Å²) < 4.78 is 32.4. The van der Waals surface area contributed by atoms with Crippen molar-refractivity contribution in [3.05, 3.63) is 51.7 Å². The maximum atomic E-state index is 13.9. The molecule has 90 valence electrons. The van der Waals surface area contributed by atoms with Gasteiger partial charge in [0.2, 0.25) is 0 Å². The number of hydrogen-bond acceptors (Lipinski definition) is 3. The Hall–Kier alpha value is -1.46. The summed E-state index contributed by atoms with van der Waals surface area (Å²) in [6.45, 7) is 0. The van der Waals surface area contributed by atoms with Gasteiger partial charge in [-0.2, -0.15) is 0 Å². The van der Waals surface area contributed by atoms with Gasteiger partial charge in [0.25, 0.3) is 0 Å². The van der Waals surface area contributed by atoms with E-state index in [9.17, 15) is 8.78 Å². The SMILES string of the molecule is COc1ccc(F)c([C@@H](N)c2cccs2)c1F. The number of benzene rings is 1. The Morgan fingerprint density at radius 2 is 2.06 bits per heavy atom. The molecular formula is C12H11F2NOS. The molecule has 1 heterocycles. The molecule has 0 aliphatic heterocycles. The monoisotopic (exact) mass is 255 g/mol. The smallest absolute Gasteiger partial charge is 0.173 e. The minimum atomic E-state index is -0.815. The van der Waals surface area contributed by atoms with Gasteiger partial charge in [-0.3, -0.25) is 0 Å². The van der Waals surface area contributed by atoms with Crippen LogP contribution in [-0.2, 0) is 0 Å². The lowest BCUT2D eigenvalue weighted by Crippen LogP contribution is -2.15. The van der Waals surface area contributed by atoms with Crippen LogP contribution in [0, 0.1) is 11.6 Å². The van der Waals surface area contributed by atoms with Crippen LogP contribution >= 0.6 is 11.3 Å². The number of methoxy groups -OCH3 is 1. The lowest BCUT2D eigenvalue weighted by atomic mass is 10.0. The third kappa shape index (κ3) is 2.16. The van der Waals surface area contributed by atoms with E-state index in [0.717, 1.165) is 6.07 Å². The van der Waals surface area contributed by atoms with Crippen molar-refractivity contribution < 1.29 is 13.5 Å². The van der Waals surface area contributed by atoms with Gasteiger partial charge in [0.15, 0.2) is 11.6 Å². The largest absolute Gasteiger partial charge is 0.494 e. The molecule has 0 unspecified atom stereocenters. The van der Waals surface area contributed by atoms with Crippen LogP contribution < -0.4 is 10.5 Å². The maximum absolute atomic E-state index is 13.9. The molecule has 2 nitrogen and oxygen atoms in total. The van der Waals surface area contributed by atoms with Crippen molar-refractivity contribution in [1.82, 2.24) is 0 Å². The summed E-state index contributed by atoms with van der Waals surface area (Å²) in [6, 6.07) is 5.12. The molecule has 1 aromatic heterocycles. The third-order valence-electron chi connectivity index (χ3n) is 2.47. The summed E-state index contributed by atoms with van der Waals surface area (Å²) in [4.78, 5) is 0.705. The molecule has 1 atom stereocenters. The van der Waals surface area contributed by atoms with Crippen LogP contribution in [0.15, 0.2) is 29.6 Å². The first-order valence-corrected chi connectivity index (χ1v) is 5.84. The van der Waals surface area contributed by atoms with Crippen molar-refractivity contribution in [2.75, 3.05) is 7.11 Å². The first kappa shape index (κ1) is 12.0. The van der Waals surface area contributed by atoms with Gasteiger partial charge in [0.05, 0.1) is 13.2 Å². The Morgan fingerprint density at radius 1 is 1.29 bits per heavy atom. The van der Waals surface area contributed by atoms with E-state index < -0.39 is 17.7 Å². The number of thiophene rings is 1. The van der Waals surface area contributed by atoms with Crippen LogP contribution in [0.1, 0.15) is 16.5 Å². The molecule has 0 radical (unpaired) electrons. The molecule has 2 aromatic rings. The standard InChI is InChI=1S/C12H11F2NOS/c1-16-8-5-4-7(13)10(11(8)14)12(15)9-3-2-6-17-9/h2-6,12H,15H2,1H3/t12-/m0/s1. The highest BCUT2D eigenvalue weighted by molar-refractivity contribution is 7.10. The Bertz CT molecular complexity index is 513. The lowest BCUT2D eigenvalue weighted by Gasteiger charge is -2.14. The lowest BCUT2D eigenvalue weighted by molar-refractivity contribution is 0.379. The van der Waals surface area contributed by atoms with E-state index in [0.29, 0.717) is 4.88 Å². The number of ether oxygens (including phenoxy) is 1. The van der Waals surface area contributed by atoms with Crippen molar-refractivity contribution in [3.8, 4) is 5.75 Å². The average molecular weight is 255 g/mol. The number of halogens is 2. The zero-order valence-electron chi connectivity index (χ0n) is 9.11. The molecule has 0 aliphatic rings. The highest BCUT2D eigenvalue weighted by Crippen LogP contribution is 2.31. The number of nitrogens with two attached hydrogens (primary N) is 1. The Balaban J connectivity index is 2.51. The predicted octanol–water partition coefficient (Wildman–Crippen LogP) is 3.08. The van der Waals surface area contributed by atoms with Crippen LogP contribution in [0.3, 0.4) is 0 Å².